The molecule has 0 aliphatic heterocycles. The van der Waals surface area contributed by atoms with Crippen LogP contribution in [0.3, 0.4) is 0 Å². The van der Waals surface area contributed by atoms with E-state index in [-0.39, 0.29) is 5.54 Å². The fourth-order valence-corrected chi connectivity index (χ4v) is 3.81. The zero-order valence-corrected chi connectivity index (χ0v) is 10.1. The fourth-order valence-electron chi connectivity index (χ4n) is 0.962. The molecule has 0 heterocycles. The van der Waals surface area contributed by atoms with E-state index in [0.29, 0.717) is 0 Å². The van der Waals surface area contributed by atoms with Gasteiger partial charge in [-0.3, -0.25) is 0 Å². The van der Waals surface area contributed by atoms with Crippen LogP contribution < -0.4 is 0 Å². The highest BCUT2D eigenvalue weighted by molar-refractivity contribution is 6.65. The van der Waals surface area contributed by atoms with Gasteiger partial charge in [-0.2, -0.15) is 0 Å². The summed E-state index contributed by atoms with van der Waals surface area (Å²) in [6.07, 6.45) is 0. The maximum Gasteiger partial charge on any atom is 0.505 e. The molecular weight excluding hydrogens is 219 g/mol. The Labute approximate surface area is 84.3 Å². The highest BCUT2D eigenvalue weighted by atomic mass is 35.5. The molecule has 74 valence electrons. The van der Waals surface area contributed by atoms with Crippen LogP contribution in [0, 0.1) is 0 Å². The summed E-state index contributed by atoms with van der Waals surface area (Å²) in [5.41, 5.74) is -0.138. The van der Waals surface area contributed by atoms with Crippen LogP contribution in [-0.4, -0.2) is 35.0 Å². The number of alkyl halides is 2. The van der Waals surface area contributed by atoms with Crippen molar-refractivity contribution in [3.8, 4) is 0 Å². The topological polar surface area (TPSA) is 27.7 Å². The first kappa shape index (κ1) is 12.7. The van der Waals surface area contributed by atoms with Gasteiger partial charge in [-0.15, -0.1) is 23.2 Å². The van der Waals surface area contributed by atoms with Gasteiger partial charge in [0.25, 0.3) is 0 Å². The van der Waals surface area contributed by atoms with E-state index < -0.39 is 13.6 Å². The summed E-state index contributed by atoms with van der Waals surface area (Å²) in [5.74, 6) is 0. The molecule has 1 atom stereocenters. The van der Waals surface area contributed by atoms with E-state index in [2.05, 4.69) is 0 Å². The molecule has 0 spiro atoms. The molecule has 3 nitrogen and oxygen atoms in total. The second-order valence-electron chi connectivity index (χ2n) is 2.34. The Bertz CT molecular complexity index is 122. The van der Waals surface area contributed by atoms with Crippen LogP contribution in [0.5, 0.6) is 0 Å². The minimum Gasteiger partial charge on any atom is -0.377 e. The molecule has 6 heteroatoms. The molecule has 12 heavy (non-hydrogen) atoms. The van der Waals surface area contributed by atoms with Crippen molar-refractivity contribution in [3.63, 3.8) is 0 Å². The largest absolute Gasteiger partial charge is 0.505 e. The van der Waals surface area contributed by atoms with E-state index in [0.717, 1.165) is 0 Å². The lowest BCUT2D eigenvalue weighted by molar-refractivity contribution is 0.114. The van der Waals surface area contributed by atoms with Crippen LogP contribution in [0.4, 0.5) is 0 Å². The first-order chi connectivity index (χ1) is 5.54. The van der Waals surface area contributed by atoms with E-state index in [1.807, 2.05) is 6.92 Å². The van der Waals surface area contributed by atoms with Gasteiger partial charge in [-0.25, -0.2) is 0 Å². The maximum absolute atomic E-state index is 5.71. The van der Waals surface area contributed by atoms with Crippen molar-refractivity contribution in [2.45, 2.75) is 17.3 Å². The van der Waals surface area contributed by atoms with Crippen LogP contribution in [-0.2, 0) is 13.3 Å². The third-order valence-corrected chi connectivity index (χ3v) is 6.12. The number of hydrogen-bond acceptors (Lipinski definition) is 3. The third kappa shape index (κ3) is 2.58. The second-order valence-corrected chi connectivity index (χ2v) is 6.85. The van der Waals surface area contributed by atoms with Crippen LogP contribution in [0.1, 0.15) is 6.92 Å². The minimum atomic E-state index is -2.65. The average Bonchev–Trinajstić information content (AvgIpc) is 2.08. The van der Waals surface area contributed by atoms with E-state index in [9.17, 15) is 0 Å². The Balaban J connectivity index is 4.46. The highest BCUT2D eigenvalue weighted by Crippen LogP contribution is 2.32. The Morgan fingerprint density at radius 3 is 1.42 bits per heavy atom. The molecule has 0 radical (unpaired) electrons. The predicted molar refractivity (Wildman–Crippen MR) is 51.7 cm³/mol. The summed E-state index contributed by atoms with van der Waals surface area (Å²) >= 11 is 11.4. The Morgan fingerprint density at radius 1 is 1.00 bits per heavy atom. The van der Waals surface area contributed by atoms with E-state index in [1.165, 1.54) is 21.3 Å². The first-order valence-corrected chi connectivity index (χ1v) is 6.15. The first-order valence-electron chi connectivity index (χ1n) is 3.47. The van der Waals surface area contributed by atoms with Gasteiger partial charge < -0.3 is 13.3 Å². The predicted octanol–water partition coefficient (Wildman–Crippen LogP) is 2.06. The molecule has 1 unspecified atom stereocenters. The minimum absolute atomic E-state index is 0.138. The second kappa shape index (κ2) is 5.42. The number of hydrogen-bond donors (Lipinski definition) is 0. The van der Waals surface area contributed by atoms with E-state index in [4.69, 9.17) is 36.5 Å². The lowest BCUT2D eigenvalue weighted by Crippen LogP contribution is -2.48. The van der Waals surface area contributed by atoms with E-state index in [1.54, 1.807) is 0 Å². The summed E-state index contributed by atoms with van der Waals surface area (Å²) in [6.45, 7) is 1.84. The molecule has 0 saturated heterocycles. The quantitative estimate of drug-likeness (QED) is 0.537. The third-order valence-electron chi connectivity index (χ3n) is 1.79. The monoisotopic (exact) mass is 232 g/mol. The van der Waals surface area contributed by atoms with Gasteiger partial charge in [0.2, 0.25) is 0 Å². The molecule has 0 aromatic rings. The molecule has 0 fully saturated rings. The molecule has 0 aliphatic rings. The smallest absolute Gasteiger partial charge is 0.377 e. The Hall–Kier alpha value is 0.677. The van der Waals surface area contributed by atoms with Crippen LogP contribution in [0.25, 0.3) is 0 Å². The van der Waals surface area contributed by atoms with E-state index >= 15 is 0 Å². The SMILES string of the molecule is CO[Si](OC)(OC)C(C)C(Cl)Cl. The van der Waals surface area contributed by atoms with Gasteiger partial charge >= 0.3 is 8.80 Å². The molecule has 0 aromatic carbocycles. The standard InChI is InChI=1S/C6H14Cl2O3Si/c1-5(6(7)8)12(9-2,10-3)11-4/h5-6H,1-4H3. The molecule has 0 aromatic heterocycles. The molecule has 0 aliphatic carbocycles. The zero-order valence-electron chi connectivity index (χ0n) is 7.64. The van der Waals surface area contributed by atoms with Crippen molar-refractivity contribution >= 4 is 32.0 Å². The summed E-state index contributed by atoms with van der Waals surface area (Å²) in [7, 11) is 1.95. The van der Waals surface area contributed by atoms with Crippen molar-refractivity contribution in [2.24, 2.45) is 0 Å². The molecule has 0 N–H and O–H groups in total. The van der Waals surface area contributed by atoms with Crippen molar-refractivity contribution in [3.05, 3.63) is 0 Å². The van der Waals surface area contributed by atoms with Crippen molar-refractivity contribution < 1.29 is 13.3 Å². The summed E-state index contributed by atoms with van der Waals surface area (Å²) in [5, 5.41) is 0. The molecule has 0 saturated carbocycles. The van der Waals surface area contributed by atoms with Crippen LogP contribution in [0.15, 0.2) is 0 Å². The number of rotatable bonds is 5. The van der Waals surface area contributed by atoms with Gasteiger partial charge in [0.1, 0.15) is 4.84 Å². The normalized spacial score (nSPS) is 15.2. The molecule has 0 bridgehead atoms. The van der Waals surface area contributed by atoms with Crippen LogP contribution >= 0.6 is 23.2 Å². The van der Waals surface area contributed by atoms with Gasteiger partial charge in [0.05, 0.1) is 5.54 Å². The van der Waals surface area contributed by atoms with Crippen molar-refractivity contribution in [2.75, 3.05) is 21.3 Å². The Morgan fingerprint density at radius 2 is 1.33 bits per heavy atom. The maximum atomic E-state index is 5.71. The fraction of sp³-hybridized carbons (Fsp3) is 1.00. The van der Waals surface area contributed by atoms with Crippen LogP contribution in [0.2, 0.25) is 5.54 Å². The van der Waals surface area contributed by atoms with Crippen molar-refractivity contribution in [1.82, 2.24) is 0 Å². The van der Waals surface area contributed by atoms with Crippen molar-refractivity contribution in [1.29, 1.82) is 0 Å². The van der Waals surface area contributed by atoms with Gasteiger partial charge in [0.15, 0.2) is 0 Å². The molecule has 0 rings (SSSR count). The summed E-state index contributed by atoms with van der Waals surface area (Å²) in [4.78, 5) is -0.545. The van der Waals surface area contributed by atoms with Gasteiger partial charge in [0, 0.05) is 21.3 Å². The summed E-state index contributed by atoms with van der Waals surface area (Å²) in [6, 6.07) is 0. The lowest BCUT2D eigenvalue weighted by Gasteiger charge is -2.30. The zero-order chi connectivity index (χ0) is 9.78. The lowest BCUT2D eigenvalue weighted by atomic mass is 10.5. The molecule has 0 amide bonds. The summed E-state index contributed by atoms with van der Waals surface area (Å²) < 4.78 is 15.6. The molecular formula is C6H14Cl2O3Si. The van der Waals surface area contributed by atoms with Gasteiger partial charge in [-0.05, 0) is 0 Å². The number of halogens is 2. The van der Waals surface area contributed by atoms with Gasteiger partial charge in [-0.1, -0.05) is 6.92 Å². The average molecular weight is 233 g/mol. The highest BCUT2D eigenvalue weighted by Gasteiger charge is 2.47. The Kier molecular flexibility index (Phi) is 5.72.